The fourth-order valence-electron chi connectivity index (χ4n) is 3.11. The van der Waals surface area contributed by atoms with Crippen molar-refractivity contribution in [3.63, 3.8) is 0 Å². The van der Waals surface area contributed by atoms with E-state index < -0.39 is 11.5 Å². The van der Waals surface area contributed by atoms with Crippen LogP contribution in [0.25, 0.3) is 11.0 Å². The predicted octanol–water partition coefficient (Wildman–Crippen LogP) is 2.28. The Bertz CT molecular complexity index is 1040. The lowest BCUT2D eigenvalue weighted by atomic mass is 10.1. The molecule has 1 aromatic heterocycles. The van der Waals surface area contributed by atoms with Crippen LogP contribution >= 0.6 is 0 Å². The minimum Gasteiger partial charge on any atom is -0.422 e. The van der Waals surface area contributed by atoms with Crippen LogP contribution in [0, 0.1) is 0 Å². The summed E-state index contributed by atoms with van der Waals surface area (Å²) in [5.74, 6) is -0.661. The van der Waals surface area contributed by atoms with E-state index in [-0.39, 0.29) is 18.0 Å². The normalized spacial score (nSPS) is 14.7. The molecule has 1 aliphatic heterocycles. The van der Waals surface area contributed by atoms with Crippen LogP contribution in [-0.4, -0.2) is 36.3 Å². The summed E-state index contributed by atoms with van der Waals surface area (Å²) in [4.78, 5) is 40.4. The van der Waals surface area contributed by atoms with Gasteiger partial charge in [-0.2, -0.15) is 0 Å². The molecule has 0 spiro atoms. The van der Waals surface area contributed by atoms with E-state index in [0.717, 1.165) is 5.69 Å². The Morgan fingerprint density at radius 3 is 2.42 bits per heavy atom. The van der Waals surface area contributed by atoms with Gasteiger partial charge in [0.05, 0.1) is 0 Å². The molecule has 130 valence electrons. The molecule has 0 bridgehead atoms. The summed E-state index contributed by atoms with van der Waals surface area (Å²) < 4.78 is 5.22. The number of piperazine rings is 1. The number of carbonyl (C=O) groups is 2. The molecule has 2 heterocycles. The molecule has 6 nitrogen and oxygen atoms in total. The van der Waals surface area contributed by atoms with Crippen molar-refractivity contribution in [1.82, 2.24) is 4.90 Å². The lowest BCUT2D eigenvalue weighted by molar-refractivity contribution is -0.120. The Kier molecular flexibility index (Phi) is 4.01. The molecular formula is C20H16N2O4. The maximum Gasteiger partial charge on any atom is 0.349 e. The van der Waals surface area contributed by atoms with Crippen LogP contribution in [0.1, 0.15) is 10.4 Å². The molecule has 2 amide bonds. The maximum atomic E-state index is 12.7. The number of para-hydroxylation sites is 2. The molecule has 0 unspecified atom stereocenters. The van der Waals surface area contributed by atoms with Gasteiger partial charge in [0.15, 0.2) is 0 Å². The number of anilines is 1. The zero-order valence-corrected chi connectivity index (χ0v) is 13.9. The minimum absolute atomic E-state index is 0.0512. The van der Waals surface area contributed by atoms with E-state index in [0.29, 0.717) is 24.1 Å². The lowest BCUT2D eigenvalue weighted by Crippen LogP contribution is -2.53. The number of rotatable bonds is 2. The third-order valence-electron chi connectivity index (χ3n) is 4.45. The monoisotopic (exact) mass is 348 g/mol. The third-order valence-corrected chi connectivity index (χ3v) is 4.45. The second-order valence-corrected chi connectivity index (χ2v) is 6.09. The standard InChI is InChI=1S/C20H16N2O4/c23-18-13-21(10-11-22(18)15-7-2-1-3-8-15)19(24)16-12-14-6-4-5-9-17(14)26-20(16)25/h1-9,12H,10-11,13H2. The smallest absolute Gasteiger partial charge is 0.349 e. The molecule has 26 heavy (non-hydrogen) atoms. The molecule has 6 heteroatoms. The number of hydrogen-bond acceptors (Lipinski definition) is 4. The third kappa shape index (κ3) is 2.86. The van der Waals surface area contributed by atoms with Crippen molar-refractivity contribution in [1.29, 1.82) is 0 Å². The molecular weight excluding hydrogens is 332 g/mol. The maximum absolute atomic E-state index is 12.7. The summed E-state index contributed by atoms with van der Waals surface area (Å²) in [5, 5.41) is 0.671. The van der Waals surface area contributed by atoms with Gasteiger partial charge in [-0.1, -0.05) is 36.4 Å². The molecule has 1 aliphatic rings. The molecule has 1 saturated heterocycles. The van der Waals surface area contributed by atoms with Crippen molar-refractivity contribution in [3.05, 3.63) is 76.6 Å². The molecule has 0 atom stereocenters. The minimum atomic E-state index is -0.688. The fourth-order valence-corrected chi connectivity index (χ4v) is 3.11. The van der Waals surface area contributed by atoms with E-state index >= 15 is 0 Å². The molecule has 3 aromatic rings. The predicted molar refractivity (Wildman–Crippen MR) is 97.2 cm³/mol. The number of carbonyl (C=O) groups excluding carboxylic acids is 2. The zero-order chi connectivity index (χ0) is 18.1. The Balaban J connectivity index is 1.58. The van der Waals surface area contributed by atoms with Gasteiger partial charge in [-0.25, -0.2) is 4.79 Å². The van der Waals surface area contributed by atoms with E-state index in [9.17, 15) is 14.4 Å². The molecule has 4 rings (SSSR count). The highest BCUT2D eigenvalue weighted by Gasteiger charge is 2.30. The Morgan fingerprint density at radius 1 is 0.923 bits per heavy atom. The van der Waals surface area contributed by atoms with E-state index in [4.69, 9.17) is 4.42 Å². The second kappa shape index (κ2) is 6.48. The average Bonchev–Trinajstić information content (AvgIpc) is 2.67. The van der Waals surface area contributed by atoms with Gasteiger partial charge >= 0.3 is 5.63 Å². The first kappa shape index (κ1) is 16.1. The van der Waals surface area contributed by atoms with Crippen molar-refractivity contribution in [3.8, 4) is 0 Å². The highest BCUT2D eigenvalue weighted by atomic mass is 16.4. The van der Waals surface area contributed by atoms with E-state index in [2.05, 4.69) is 0 Å². The first-order valence-electron chi connectivity index (χ1n) is 8.31. The molecule has 0 aliphatic carbocycles. The van der Waals surface area contributed by atoms with Crippen LogP contribution in [0.3, 0.4) is 0 Å². The average molecular weight is 348 g/mol. The second-order valence-electron chi connectivity index (χ2n) is 6.09. The van der Waals surface area contributed by atoms with Gasteiger partial charge in [-0.05, 0) is 24.3 Å². The summed E-state index contributed by atoms with van der Waals surface area (Å²) in [5.41, 5.74) is 0.491. The highest BCUT2D eigenvalue weighted by molar-refractivity contribution is 6.02. The van der Waals surface area contributed by atoms with Crippen molar-refractivity contribution < 1.29 is 14.0 Å². The van der Waals surface area contributed by atoms with E-state index in [1.165, 1.54) is 11.0 Å². The van der Waals surface area contributed by atoms with Gasteiger partial charge in [-0.3, -0.25) is 9.59 Å². The summed E-state index contributed by atoms with van der Waals surface area (Å²) in [6.07, 6.45) is 0. The first-order valence-corrected chi connectivity index (χ1v) is 8.31. The molecule has 0 radical (unpaired) electrons. The molecule has 1 fully saturated rings. The molecule has 0 saturated carbocycles. The largest absolute Gasteiger partial charge is 0.422 e. The number of benzene rings is 2. The first-order chi connectivity index (χ1) is 12.6. The zero-order valence-electron chi connectivity index (χ0n) is 13.9. The van der Waals surface area contributed by atoms with Gasteiger partial charge in [0.25, 0.3) is 5.91 Å². The van der Waals surface area contributed by atoms with Crippen LogP contribution in [0.2, 0.25) is 0 Å². The SMILES string of the molecule is O=C(c1cc2ccccc2oc1=O)N1CCN(c2ccccc2)C(=O)C1. The van der Waals surface area contributed by atoms with Crippen LogP contribution in [0.5, 0.6) is 0 Å². The van der Waals surface area contributed by atoms with E-state index in [1.54, 1.807) is 29.2 Å². The van der Waals surface area contributed by atoms with Crippen LogP contribution in [-0.2, 0) is 4.79 Å². The van der Waals surface area contributed by atoms with Crippen LogP contribution < -0.4 is 10.5 Å². The summed E-state index contributed by atoms with van der Waals surface area (Å²) in [6.45, 7) is 0.666. The quantitative estimate of drug-likeness (QED) is 0.666. The van der Waals surface area contributed by atoms with E-state index in [1.807, 2.05) is 30.3 Å². The number of hydrogen-bond donors (Lipinski definition) is 0. The van der Waals surface area contributed by atoms with Crippen molar-refractivity contribution in [2.75, 3.05) is 24.5 Å². The van der Waals surface area contributed by atoms with Gasteiger partial charge in [-0.15, -0.1) is 0 Å². The summed E-state index contributed by atoms with van der Waals surface area (Å²) >= 11 is 0. The molecule has 2 aromatic carbocycles. The fraction of sp³-hybridized carbons (Fsp3) is 0.150. The van der Waals surface area contributed by atoms with Gasteiger partial charge in [0, 0.05) is 24.2 Å². The number of nitrogens with zero attached hydrogens (tertiary/aromatic N) is 2. The Labute approximate surface area is 149 Å². The van der Waals surface area contributed by atoms with Gasteiger partial charge in [0.1, 0.15) is 17.7 Å². The number of amides is 2. The van der Waals surface area contributed by atoms with Gasteiger partial charge < -0.3 is 14.2 Å². The summed E-state index contributed by atoms with van der Waals surface area (Å²) in [7, 11) is 0. The number of fused-ring (bicyclic) bond motifs is 1. The van der Waals surface area contributed by atoms with Crippen molar-refractivity contribution in [2.24, 2.45) is 0 Å². The Morgan fingerprint density at radius 2 is 1.65 bits per heavy atom. The summed E-state index contributed by atoms with van der Waals surface area (Å²) in [6, 6.07) is 17.8. The Hall–Kier alpha value is -3.41. The van der Waals surface area contributed by atoms with Crippen LogP contribution in [0.4, 0.5) is 5.69 Å². The highest BCUT2D eigenvalue weighted by Crippen LogP contribution is 2.18. The van der Waals surface area contributed by atoms with Crippen molar-refractivity contribution >= 4 is 28.5 Å². The lowest BCUT2D eigenvalue weighted by Gasteiger charge is -2.34. The molecule has 0 N–H and O–H groups in total. The van der Waals surface area contributed by atoms with Crippen LogP contribution in [0.15, 0.2) is 69.9 Å². The van der Waals surface area contributed by atoms with Crippen molar-refractivity contribution in [2.45, 2.75) is 0 Å². The van der Waals surface area contributed by atoms with Gasteiger partial charge in [0.2, 0.25) is 5.91 Å². The topological polar surface area (TPSA) is 70.8 Å².